The molecule has 1 aromatic rings. The van der Waals surface area contributed by atoms with Crippen LogP contribution in [0.1, 0.15) is 26.2 Å². The number of hydrogen-bond acceptors (Lipinski definition) is 3. The van der Waals surface area contributed by atoms with Gasteiger partial charge < -0.3 is 10.4 Å². The number of carboxylic acid groups (broad SMARTS) is 1. The molecule has 0 radical (unpaired) electrons. The summed E-state index contributed by atoms with van der Waals surface area (Å²) in [4.78, 5) is 25.4. The van der Waals surface area contributed by atoms with E-state index < -0.39 is 5.97 Å². The molecule has 0 bridgehead atoms. The second-order valence-electron chi connectivity index (χ2n) is 5.89. The van der Waals surface area contributed by atoms with Gasteiger partial charge in [-0.15, -0.1) is 0 Å². The lowest BCUT2D eigenvalue weighted by Gasteiger charge is -2.35. The Kier molecular flexibility index (Phi) is 6.61. The lowest BCUT2D eigenvalue weighted by atomic mass is 9.94. The summed E-state index contributed by atoms with van der Waals surface area (Å²) in [5, 5.41) is 11.9. The third-order valence-corrected chi connectivity index (χ3v) is 5.28. The first-order chi connectivity index (χ1) is 10.9. The Balaban J connectivity index is 1.97. The van der Waals surface area contributed by atoms with Crippen molar-refractivity contribution >= 4 is 49.4 Å². The fourth-order valence-electron chi connectivity index (χ4n) is 2.86. The Labute approximate surface area is 152 Å². The molecular formula is C16H20Br2N2O3. The molecule has 23 heavy (non-hydrogen) atoms. The van der Waals surface area contributed by atoms with E-state index >= 15 is 0 Å². The molecule has 0 unspecified atom stereocenters. The minimum absolute atomic E-state index is 0.0796. The van der Waals surface area contributed by atoms with E-state index in [-0.39, 0.29) is 24.3 Å². The molecule has 0 spiro atoms. The maximum absolute atomic E-state index is 12.5. The molecule has 0 aliphatic carbocycles. The number of nitrogens with zero attached hydrogens (tertiary/aromatic N) is 1. The van der Waals surface area contributed by atoms with Gasteiger partial charge in [0, 0.05) is 21.9 Å². The van der Waals surface area contributed by atoms with E-state index in [9.17, 15) is 9.59 Å². The molecule has 2 N–H and O–H groups in total. The second-order valence-corrected chi connectivity index (χ2v) is 7.66. The van der Waals surface area contributed by atoms with Crippen molar-refractivity contribution in [2.24, 2.45) is 5.92 Å². The zero-order chi connectivity index (χ0) is 17.0. The van der Waals surface area contributed by atoms with E-state index in [1.54, 1.807) is 0 Å². The maximum atomic E-state index is 12.5. The van der Waals surface area contributed by atoms with Gasteiger partial charge in [-0.2, -0.15) is 0 Å². The van der Waals surface area contributed by atoms with Crippen LogP contribution >= 0.6 is 31.9 Å². The van der Waals surface area contributed by atoms with Crippen LogP contribution in [0.4, 0.5) is 5.69 Å². The number of piperidine rings is 1. The molecular weight excluding hydrogens is 428 g/mol. The molecule has 1 heterocycles. The van der Waals surface area contributed by atoms with Gasteiger partial charge in [-0.25, -0.2) is 0 Å². The highest BCUT2D eigenvalue weighted by molar-refractivity contribution is 9.11. The van der Waals surface area contributed by atoms with E-state index in [0.717, 1.165) is 34.0 Å². The third-order valence-electron chi connectivity index (χ3n) is 4.13. The molecule has 1 aromatic carbocycles. The van der Waals surface area contributed by atoms with Crippen LogP contribution < -0.4 is 5.32 Å². The topological polar surface area (TPSA) is 69.6 Å². The zero-order valence-electron chi connectivity index (χ0n) is 12.9. The average molecular weight is 448 g/mol. The van der Waals surface area contributed by atoms with Crippen LogP contribution in [0.3, 0.4) is 0 Å². The summed E-state index contributed by atoms with van der Waals surface area (Å²) in [5.74, 6) is -0.729. The Morgan fingerprint density at radius 2 is 2.17 bits per heavy atom. The minimum atomic E-state index is -0.771. The summed E-state index contributed by atoms with van der Waals surface area (Å²) in [6, 6.07) is 5.29. The number of carboxylic acids is 1. The van der Waals surface area contributed by atoms with Crippen molar-refractivity contribution in [1.82, 2.24) is 4.90 Å². The van der Waals surface area contributed by atoms with Gasteiger partial charge in [-0.3, -0.25) is 14.5 Å². The van der Waals surface area contributed by atoms with Crippen LogP contribution in [0.15, 0.2) is 27.1 Å². The van der Waals surface area contributed by atoms with Crippen molar-refractivity contribution < 1.29 is 14.7 Å². The fourth-order valence-corrected chi connectivity index (χ4v) is 4.00. The van der Waals surface area contributed by atoms with Crippen molar-refractivity contribution in [1.29, 1.82) is 0 Å². The van der Waals surface area contributed by atoms with Gasteiger partial charge in [0.2, 0.25) is 5.91 Å². The number of halogens is 2. The number of carbonyl (C=O) groups is 2. The fraction of sp³-hybridized carbons (Fsp3) is 0.500. The molecule has 126 valence electrons. The summed E-state index contributed by atoms with van der Waals surface area (Å²) in [6.45, 7) is 3.35. The van der Waals surface area contributed by atoms with Gasteiger partial charge in [0.15, 0.2) is 0 Å². The van der Waals surface area contributed by atoms with Gasteiger partial charge in [-0.1, -0.05) is 15.9 Å². The smallest absolute Gasteiger partial charge is 0.303 e. The first-order valence-electron chi connectivity index (χ1n) is 7.58. The van der Waals surface area contributed by atoms with E-state index in [4.69, 9.17) is 5.11 Å². The summed E-state index contributed by atoms with van der Waals surface area (Å²) < 4.78 is 1.75. The SMILES string of the molecule is C[C@@H](C(=O)Nc1ccc(Br)cc1Br)N1CCC[C@H](CC(=O)O)C1. The van der Waals surface area contributed by atoms with Crippen LogP contribution in [-0.4, -0.2) is 41.0 Å². The van der Waals surface area contributed by atoms with Gasteiger partial charge in [0.25, 0.3) is 0 Å². The number of rotatable bonds is 5. The number of likely N-dealkylation sites (tertiary alicyclic amines) is 1. The third kappa shape index (κ3) is 5.29. The number of anilines is 1. The highest BCUT2D eigenvalue weighted by Crippen LogP contribution is 2.27. The van der Waals surface area contributed by atoms with Crippen LogP contribution in [0.2, 0.25) is 0 Å². The Morgan fingerprint density at radius 1 is 1.43 bits per heavy atom. The molecule has 5 nitrogen and oxygen atoms in total. The number of aliphatic carboxylic acids is 1. The average Bonchev–Trinajstić information content (AvgIpc) is 2.49. The molecule has 1 saturated heterocycles. The molecule has 2 rings (SSSR count). The van der Waals surface area contributed by atoms with Crippen LogP contribution in [0.25, 0.3) is 0 Å². The van der Waals surface area contributed by atoms with Crippen molar-refractivity contribution in [2.75, 3.05) is 18.4 Å². The lowest BCUT2D eigenvalue weighted by Crippen LogP contribution is -2.47. The molecule has 2 atom stereocenters. The first kappa shape index (κ1) is 18.4. The van der Waals surface area contributed by atoms with E-state index in [1.807, 2.05) is 25.1 Å². The van der Waals surface area contributed by atoms with Crippen LogP contribution in [-0.2, 0) is 9.59 Å². The lowest BCUT2D eigenvalue weighted by molar-refractivity contribution is -0.138. The van der Waals surface area contributed by atoms with E-state index in [0.29, 0.717) is 6.54 Å². The summed E-state index contributed by atoms with van der Waals surface area (Å²) in [5.41, 5.74) is 0.726. The van der Waals surface area contributed by atoms with Crippen molar-refractivity contribution in [3.8, 4) is 0 Å². The van der Waals surface area contributed by atoms with Crippen molar-refractivity contribution in [3.63, 3.8) is 0 Å². The van der Waals surface area contributed by atoms with E-state index in [1.165, 1.54) is 0 Å². The summed E-state index contributed by atoms with van der Waals surface area (Å²) >= 11 is 6.82. The van der Waals surface area contributed by atoms with Gasteiger partial charge >= 0.3 is 5.97 Å². The first-order valence-corrected chi connectivity index (χ1v) is 9.17. The van der Waals surface area contributed by atoms with Crippen molar-refractivity contribution in [3.05, 3.63) is 27.1 Å². The molecule has 1 amide bonds. The van der Waals surface area contributed by atoms with Crippen LogP contribution in [0, 0.1) is 5.92 Å². The zero-order valence-corrected chi connectivity index (χ0v) is 16.1. The number of benzene rings is 1. The van der Waals surface area contributed by atoms with Crippen molar-refractivity contribution in [2.45, 2.75) is 32.2 Å². The molecule has 0 saturated carbocycles. The van der Waals surface area contributed by atoms with Crippen LogP contribution in [0.5, 0.6) is 0 Å². The normalized spacial score (nSPS) is 20.0. The molecule has 1 aliphatic heterocycles. The molecule has 1 fully saturated rings. The molecule has 7 heteroatoms. The summed E-state index contributed by atoms with van der Waals surface area (Å²) in [7, 11) is 0. The Bertz CT molecular complexity index is 595. The Morgan fingerprint density at radius 3 is 2.83 bits per heavy atom. The number of nitrogens with one attached hydrogen (secondary N) is 1. The highest BCUT2D eigenvalue weighted by Gasteiger charge is 2.28. The molecule has 0 aromatic heterocycles. The van der Waals surface area contributed by atoms with Gasteiger partial charge in [0.1, 0.15) is 0 Å². The standard InChI is InChI=1S/C16H20Br2N2O3/c1-10(20-6-2-3-11(9-20)7-15(21)22)16(23)19-14-5-4-12(17)8-13(14)18/h4-5,8,10-11H,2-3,6-7,9H2,1H3,(H,19,23)(H,21,22)/t10-,11+/m0/s1. The summed E-state index contributed by atoms with van der Waals surface area (Å²) in [6.07, 6.45) is 2.01. The monoisotopic (exact) mass is 446 g/mol. The predicted octanol–water partition coefficient (Wildman–Crippen LogP) is 3.73. The second kappa shape index (κ2) is 8.26. The highest BCUT2D eigenvalue weighted by atomic mass is 79.9. The quantitative estimate of drug-likeness (QED) is 0.721. The largest absolute Gasteiger partial charge is 0.481 e. The number of amides is 1. The number of hydrogen-bond donors (Lipinski definition) is 2. The molecule has 1 aliphatic rings. The number of carbonyl (C=O) groups excluding carboxylic acids is 1. The van der Waals surface area contributed by atoms with Gasteiger partial charge in [0.05, 0.1) is 11.7 Å². The Hall–Kier alpha value is -0.920. The van der Waals surface area contributed by atoms with Gasteiger partial charge in [-0.05, 0) is 66.4 Å². The maximum Gasteiger partial charge on any atom is 0.303 e. The minimum Gasteiger partial charge on any atom is -0.481 e. The van der Waals surface area contributed by atoms with E-state index in [2.05, 4.69) is 42.1 Å². The predicted molar refractivity (Wildman–Crippen MR) is 96.5 cm³/mol.